The second-order valence-corrected chi connectivity index (χ2v) is 7.55. The number of nitrogens with one attached hydrogen (secondary N) is 2. The minimum atomic E-state index is -4.30. The van der Waals surface area contributed by atoms with Gasteiger partial charge in [0.05, 0.1) is 11.4 Å². The molecule has 1 atom stereocenters. The van der Waals surface area contributed by atoms with Crippen LogP contribution in [-0.2, 0) is 14.8 Å². The Hall–Kier alpha value is -2.20. The van der Waals surface area contributed by atoms with Gasteiger partial charge in [0.15, 0.2) is 5.58 Å². The summed E-state index contributed by atoms with van der Waals surface area (Å²) < 4.78 is 45.3. The molecular weight excluding hydrogens is 343 g/mol. The summed E-state index contributed by atoms with van der Waals surface area (Å²) >= 11 is 0. The zero-order chi connectivity index (χ0) is 18.1. The third kappa shape index (κ3) is 4.01. The number of carboxylic acid groups (broad SMARTS) is 1. The minimum absolute atomic E-state index is 0.0275. The Kier molecular flexibility index (Phi) is 5.09. The first-order valence-corrected chi connectivity index (χ1v) is 8.63. The summed E-state index contributed by atoms with van der Waals surface area (Å²) in [7, 11) is -4.30. The zero-order valence-corrected chi connectivity index (χ0v) is 13.8. The Morgan fingerprint density at radius 2 is 2.08 bits per heavy atom. The number of hydrogen-bond donors (Lipinski definition) is 3. The molecule has 2 rings (SSSR count). The molecule has 10 heteroatoms. The van der Waals surface area contributed by atoms with Crippen molar-refractivity contribution < 1.29 is 27.1 Å². The van der Waals surface area contributed by atoms with Crippen molar-refractivity contribution in [3.05, 3.63) is 28.5 Å². The molecule has 0 saturated heterocycles. The Bertz CT molecular complexity index is 915. The number of H-pyrrole nitrogens is 1. The third-order valence-corrected chi connectivity index (χ3v) is 4.83. The van der Waals surface area contributed by atoms with Crippen LogP contribution in [0.2, 0.25) is 0 Å². The van der Waals surface area contributed by atoms with Crippen LogP contribution in [0.25, 0.3) is 11.1 Å². The molecule has 1 heterocycles. The van der Waals surface area contributed by atoms with Crippen molar-refractivity contribution in [2.75, 3.05) is 6.54 Å². The number of benzene rings is 1. The van der Waals surface area contributed by atoms with E-state index in [9.17, 15) is 22.4 Å². The number of fused-ring (bicyclic) bond motifs is 1. The molecular formula is C14H17FN2O6S. The van der Waals surface area contributed by atoms with Crippen LogP contribution in [0.15, 0.2) is 26.2 Å². The van der Waals surface area contributed by atoms with Crippen LogP contribution in [0.4, 0.5) is 4.39 Å². The van der Waals surface area contributed by atoms with Gasteiger partial charge in [0.2, 0.25) is 10.0 Å². The van der Waals surface area contributed by atoms with E-state index < -0.39 is 38.4 Å². The summed E-state index contributed by atoms with van der Waals surface area (Å²) in [5, 5.41) is 9.13. The molecule has 0 bridgehead atoms. The summed E-state index contributed by atoms with van der Waals surface area (Å²) in [4.78, 5) is 23.7. The topological polar surface area (TPSA) is 129 Å². The summed E-state index contributed by atoms with van der Waals surface area (Å²) in [5.41, 5.74) is -0.0848. The van der Waals surface area contributed by atoms with E-state index in [2.05, 4.69) is 9.71 Å². The number of oxazole rings is 1. The lowest BCUT2D eigenvalue weighted by atomic mass is 9.98. The van der Waals surface area contributed by atoms with Crippen LogP contribution < -0.4 is 10.5 Å². The maximum atomic E-state index is 14.0. The first-order valence-electron chi connectivity index (χ1n) is 7.15. The van der Waals surface area contributed by atoms with Gasteiger partial charge in [-0.1, -0.05) is 13.8 Å². The van der Waals surface area contributed by atoms with Gasteiger partial charge in [-0.3, -0.25) is 9.78 Å². The summed E-state index contributed by atoms with van der Waals surface area (Å²) in [6.07, 6.45) is 0.270. The number of aromatic nitrogens is 1. The number of sulfonamides is 1. The van der Waals surface area contributed by atoms with Gasteiger partial charge in [0.25, 0.3) is 0 Å². The largest absolute Gasteiger partial charge is 0.481 e. The van der Waals surface area contributed by atoms with Crippen molar-refractivity contribution in [1.82, 2.24) is 9.71 Å². The number of hydrogen-bond acceptors (Lipinski definition) is 5. The van der Waals surface area contributed by atoms with Crippen LogP contribution >= 0.6 is 0 Å². The predicted molar refractivity (Wildman–Crippen MR) is 82.6 cm³/mol. The van der Waals surface area contributed by atoms with E-state index >= 15 is 0 Å². The van der Waals surface area contributed by atoms with E-state index in [1.807, 2.05) is 13.8 Å². The molecule has 0 amide bonds. The van der Waals surface area contributed by atoms with Crippen LogP contribution in [-0.4, -0.2) is 31.0 Å². The van der Waals surface area contributed by atoms with Crippen LogP contribution in [0.5, 0.6) is 0 Å². The summed E-state index contributed by atoms with van der Waals surface area (Å²) in [6, 6.07) is 1.71. The molecule has 1 aromatic heterocycles. The van der Waals surface area contributed by atoms with Gasteiger partial charge < -0.3 is 9.52 Å². The van der Waals surface area contributed by atoms with Crippen molar-refractivity contribution in [2.24, 2.45) is 11.8 Å². The first-order chi connectivity index (χ1) is 11.1. The standard InChI is InChI=1S/C14H17FN2O6S/c1-7(2)3-8(13(18)19)6-16-24(21,22)12-5-11-10(4-9(12)15)17-14(20)23-11/h4-5,7-8,16H,3,6H2,1-2H3,(H,17,20)(H,18,19). The number of carboxylic acids is 1. The van der Waals surface area contributed by atoms with Gasteiger partial charge in [-0.25, -0.2) is 22.3 Å². The van der Waals surface area contributed by atoms with Gasteiger partial charge in [-0.05, 0) is 12.3 Å². The smallest absolute Gasteiger partial charge is 0.417 e. The van der Waals surface area contributed by atoms with Gasteiger partial charge in [-0.15, -0.1) is 0 Å². The Labute approximate surface area is 136 Å². The molecule has 1 aromatic carbocycles. The average molecular weight is 360 g/mol. The first kappa shape index (κ1) is 18.1. The van der Waals surface area contributed by atoms with Crippen molar-refractivity contribution >= 4 is 27.1 Å². The fraction of sp³-hybridized carbons (Fsp3) is 0.429. The normalized spacial score (nSPS) is 13.5. The van der Waals surface area contributed by atoms with Crippen molar-refractivity contribution in [3.8, 4) is 0 Å². The lowest BCUT2D eigenvalue weighted by Crippen LogP contribution is -2.34. The fourth-order valence-electron chi connectivity index (χ4n) is 2.29. The minimum Gasteiger partial charge on any atom is -0.481 e. The van der Waals surface area contributed by atoms with Crippen LogP contribution in [0, 0.1) is 17.7 Å². The van der Waals surface area contributed by atoms with Crippen molar-refractivity contribution in [1.29, 1.82) is 0 Å². The quantitative estimate of drug-likeness (QED) is 0.682. The Balaban J connectivity index is 2.28. The molecule has 24 heavy (non-hydrogen) atoms. The lowest BCUT2D eigenvalue weighted by molar-refractivity contribution is -0.142. The zero-order valence-electron chi connectivity index (χ0n) is 13.0. The molecule has 0 saturated carbocycles. The maximum absolute atomic E-state index is 14.0. The van der Waals surface area contributed by atoms with Crippen LogP contribution in [0.3, 0.4) is 0 Å². The second-order valence-electron chi connectivity index (χ2n) is 5.81. The molecule has 132 valence electrons. The van der Waals surface area contributed by atoms with Gasteiger partial charge in [0.1, 0.15) is 10.7 Å². The molecule has 0 spiro atoms. The van der Waals surface area contributed by atoms with E-state index in [-0.39, 0.29) is 30.0 Å². The van der Waals surface area contributed by atoms with E-state index in [0.29, 0.717) is 0 Å². The molecule has 0 fully saturated rings. The Morgan fingerprint density at radius 1 is 1.42 bits per heavy atom. The molecule has 1 unspecified atom stereocenters. The highest BCUT2D eigenvalue weighted by Gasteiger charge is 2.25. The van der Waals surface area contributed by atoms with E-state index in [1.165, 1.54) is 0 Å². The Morgan fingerprint density at radius 3 is 2.67 bits per heavy atom. The third-order valence-electron chi connectivity index (χ3n) is 3.39. The molecule has 0 radical (unpaired) electrons. The van der Waals surface area contributed by atoms with E-state index in [1.54, 1.807) is 0 Å². The highest BCUT2D eigenvalue weighted by molar-refractivity contribution is 7.89. The van der Waals surface area contributed by atoms with Gasteiger partial charge in [0, 0.05) is 18.7 Å². The maximum Gasteiger partial charge on any atom is 0.417 e. The number of halogens is 1. The van der Waals surface area contributed by atoms with E-state index in [4.69, 9.17) is 9.52 Å². The molecule has 0 aliphatic heterocycles. The van der Waals surface area contributed by atoms with Crippen molar-refractivity contribution in [2.45, 2.75) is 25.2 Å². The highest BCUT2D eigenvalue weighted by atomic mass is 32.2. The van der Waals surface area contributed by atoms with E-state index in [0.717, 1.165) is 12.1 Å². The molecule has 3 N–H and O–H groups in total. The SMILES string of the molecule is CC(C)CC(CNS(=O)(=O)c1cc2oc(=O)[nH]c2cc1F)C(=O)O. The predicted octanol–water partition coefficient (Wildman–Crippen LogP) is 1.29. The monoisotopic (exact) mass is 360 g/mol. The van der Waals surface area contributed by atoms with Crippen LogP contribution in [0.1, 0.15) is 20.3 Å². The number of carbonyl (C=O) groups is 1. The fourth-order valence-corrected chi connectivity index (χ4v) is 3.44. The molecule has 2 aromatic rings. The molecule has 0 aliphatic rings. The number of aromatic amines is 1. The summed E-state index contributed by atoms with van der Waals surface area (Å²) in [5.74, 6) is -3.94. The highest BCUT2D eigenvalue weighted by Crippen LogP contribution is 2.21. The summed E-state index contributed by atoms with van der Waals surface area (Å²) in [6.45, 7) is 3.25. The second kappa shape index (κ2) is 6.73. The molecule has 0 aliphatic carbocycles. The van der Waals surface area contributed by atoms with Gasteiger partial charge in [-0.2, -0.15) is 0 Å². The number of aliphatic carboxylic acids is 1. The lowest BCUT2D eigenvalue weighted by Gasteiger charge is -2.15. The molecule has 8 nitrogen and oxygen atoms in total. The van der Waals surface area contributed by atoms with Crippen molar-refractivity contribution in [3.63, 3.8) is 0 Å². The van der Waals surface area contributed by atoms with Gasteiger partial charge >= 0.3 is 11.7 Å². The average Bonchev–Trinajstić information content (AvgIpc) is 2.80. The number of rotatable bonds is 7.